The zero-order valence-corrected chi connectivity index (χ0v) is 17.0. The van der Waals surface area contributed by atoms with Crippen LogP contribution in [0.5, 0.6) is 0 Å². The Kier molecular flexibility index (Phi) is 5.81. The predicted octanol–water partition coefficient (Wildman–Crippen LogP) is 2.82. The molecule has 29 heavy (non-hydrogen) atoms. The van der Waals surface area contributed by atoms with E-state index in [1.807, 2.05) is 32.0 Å². The van der Waals surface area contributed by atoms with E-state index >= 15 is 0 Å². The van der Waals surface area contributed by atoms with Crippen LogP contribution in [0.4, 0.5) is 0 Å². The van der Waals surface area contributed by atoms with Gasteiger partial charge in [-0.1, -0.05) is 31.2 Å². The quantitative estimate of drug-likeness (QED) is 0.640. The first-order chi connectivity index (χ1) is 13.8. The van der Waals surface area contributed by atoms with Gasteiger partial charge in [-0.05, 0) is 43.5 Å². The molecular weight excluding hydrogens is 370 g/mol. The summed E-state index contributed by atoms with van der Waals surface area (Å²) in [4.78, 5) is 23.4. The van der Waals surface area contributed by atoms with Crippen LogP contribution >= 0.6 is 0 Å². The Morgan fingerprint density at radius 2 is 1.97 bits per heavy atom. The van der Waals surface area contributed by atoms with Gasteiger partial charge in [-0.3, -0.25) is 9.59 Å². The lowest BCUT2D eigenvalue weighted by Crippen LogP contribution is -2.23. The van der Waals surface area contributed by atoms with E-state index in [9.17, 15) is 9.59 Å². The highest BCUT2D eigenvalue weighted by atomic mass is 16.4. The summed E-state index contributed by atoms with van der Waals surface area (Å²) in [6.45, 7) is 8.11. The van der Waals surface area contributed by atoms with E-state index in [1.54, 1.807) is 0 Å². The fourth-order valence-corrected chi connectivity index (χ4v) is 3.31. The summed E-state index contributed by atoms with van der Waals surface area (Å²) in [7, 11) is 0. The highest BCUT2D eigenvalue weighted by Crippen LogP contribution is 2.24. The van der Waals surface area contributed by atoms with Crippen molar-refractivity contribution in [1.82, 2.24) is 24.9 Å². The number of aliphatic carboxylic acids is 1. The zero-order valence-electron chi connectivity index (χ0n) is 17.0. The van der Waals surface area contributed by atoms with E-state index in [2.05, 4.69) is 46.2 Å². The molecule has 2 heterocycles. The highest BCUT2D eigenvalue weighted by molar-refractivity contribution is 5.95. The lowest BCUT2D eigenvalue weighted by atomic mass is 10.0. The van der Waals surface area contributed by atoms with Crippen LogP contribution in [-0.4, -0.2) is 36.5 Å². The number of hydrogen-bond donors (Lipinski definition) is 2. The van der Waals surface area contributed by atoms with Crippen molar-refractivity contribution >= 4 is 11.9 Å². The molecule has 1 amide bonds. The maximum Gasteiger partial charge on any atom is 0.325 e. The molecule has 3 rings (SSSR count). The molecule has 8 heteroatoms. The summed E-state index contributed by atoms with van der Waals surface area (Å²) in [5, 5.41) is 19.2. The zero-order chi connectivity index (χ0) is 21.1. The molecule has 2 aromatic heterocycles. The summed E-state index contributed by atoms with van der Waals surface area (Å²) in [5.74, 6) is -0.792. The van der Waals surface area contributed by atoms with E-state index in [-0.39, 0.29) is 19.0 Å². The van der Waals surface area contributed by atoms with Crippen molar-refractivity contribution in [3.63, 3.8) is 0 Å². The molecule has 0 aliphatic carbocycles. The molecule has 1 aromatic carbocycles. The fraction of sp³-hybridized carbons (Fsp3) is 0.333. The largest absolute Gasteiger partial charge is 0.480 e. The third-order valence-corrected chi connectivity index (χ3v) is 4.78. The molecule has 0 saturated heterocycles. The minimum Gasteiger partial charge on any atom is -0.480 e. The molecular formula is C21H25N5O3. The standard InChI is InChI=1S/C21H25N5O3/c1-13(2)16-6-5-7-18(9-16)26-14(3)8-19(15(26)4)21(29)22-10-17-11-25(24-23-17)12-20(27)28/h5-9,11,13H,10,12H2,1-4H3,(H,22,29)(H,27,28). The summed E-state index contributed by atoms with van der Waals surface area (Å²) in [6, 6.07) is 10.2. The number of aryl methyl sites for hydroxylation is 1. The van der Waals surface area contributed by atoms with Crippen LogP contribution in [0.3, 0.4) is 0 Å². The number of aromatic nitrogens is 4. The Bertz CT molecular complexity index is 1050. The molecule has 0 aliphatic heterocycles. The van der Waals surface area contributed by atoms with Crippen molar-refractivity contribution in [1.29, 1.82) is 0 Å². The van der Waals surface area contributed by atoms with Crippen LogP contribution in [0.1, 0.15) is 52.8 Å². The van der Waals surface area contributed by atoms with E-state index in [4.69, 9.17) is 5.11 Å². The van der Waals surface area contributed by atoms with Gasteiger partial charge in [0.2, 0.25) is 0 Å². The lowest BCUT2D eigenvalue weighted by Gasteiger charge is -2.13. The fourth-order valence-electron chi connectivity index (χ4n) is 3.31. The summed E-state index contributed by atoms with van der Waals surface area (Å²) < 4.78 is 3.29. The van der Waals surface area contributed by atoms with Gasteiger partial charge in [0.05, 0.1) is 18.3 Å². The van der Waals surface area contributed by atoms with E-state index in [0.29, 0.717) is 17.2 Å². The number of carbonyl (C=O) groups excluding carboxylic acids is 1. The summed E-state index contributed by atoms with van der Waals surface area (Å²) in [6.07, 6.45) is 1.51. The Labute approximate surface area is 169 Å². The maximum absolute atomic E-state index is 12.7. The average Bonchev–Trinajstić information content (AvgIpc) is 3.23. The Balaban J connectivity index is 1.77. The minimum atomic E-state index is -1.00. The Morgan fingerprint density at radius 1 is 1.21 bits per heavy atom. The van der Waals surface area contributed by atoms with Crippen LogP contribution in [0.25, 0.3) is 5.69 Å². The molecule has 0 unspecified atom stereocenters. The number of nitrogens with one attached hydrogen (secondary N) is 1. The first kappa shape index (κ1) is 20.3. The summed E-state index contributed by atoms with van der Waals surface area (Å²) in [5.41, 5.74) is 5.19. The van der Waals surface area contributed by atoms with Gasteiger partial charge in [0.15, 0.2) is 0 Å². The highest BCUT2D eigenvalue weighted by Gasteiger charge is 2.17. The van der Waals surface area contributed by atoms with E-state index < -0.39 is 5.97 Å². The smallest absolute Gasteiger partial charge is 0.325 e. The average molecular weight is 395 g/mol. The molecule has 0 spiro atoms. The van der Waals surface area contributed by atoms with Crippen molar-refractivity contribution < 1.29 is 14.7 Å². The number of carboxylic acids is 1. The predicted molar refractivity (Wildman–Crippen MR) is 108 cm³/mol. The van der Waals surface area contributed by atoms with Gasteiger partial charge < -0.3 is 15.0 Å². The van der Waals surface area contributed by atoms with Gasteiger partial charge in [0.25, 0.3) is 5.91 Å². The van der Waals surface area contributed by atoms with Gasteiger partial charge in [-0.15, -0.1) is 5.10 Å². The minimum absolute atomic E-state index is 0.172. The van der Waals surface area contributed by atoms with Crippen LogP contribution < -0.4 is 5.32 Å². The van der Waals surface area contributed by atoms with Crippen molar-refractivity contribution in [2.24, 2.45) is 0 Å². The Morgan fingerprint density at radius 3 is 2.66 bits per heavy atom. The lowest BCUT2D eigenvalue weighted by molar-refractivity contribution is -0.137. The molecule has 8 nitrogen and oxygen atoms in total. The van der Waals surface area contributed by atoms with Crippen LogP contribution in [0.15, 0.2) is 36.5 Å². The monoisotopic (exact) mass is 395 g/mol. The van der Waals surface area contributed by atoms with E-state index in [0.717, 1.165) is 17.1 Å². The van der Waals surface area contributed by atoms with Gasteiger partial charge in [-0.25, -0.2) is 4.68 Å². The van der Waals surface area contributed by atoms with Crippen molar-refractivity contribution in [2.45, 2.75) is 46.7 Å². The van der Waals surface area contributed by atoms with Crippen molar-refractivity contribution in [3.05, 3.63) is 64.7 Å². The molecule has 0 saturated carbocycles. The first-order valence-corrected chi connectivity index (χ1v) is 9.44. The molecule has 0 bridgehead atoms. The topological polar surface area (TPSA) is 102 Å². The molecule has 0 atom stereocenters. The van der Waals surface area contributed by atoms with Crippen molar-refractivity contribution in [3.8, 4) is 5.69 Å². The maximum atomic E-state index is 12.7. The number of amides is 1. The third-order valence-electron chi connectivity index (χ3n) is 4.78. The van der Waals surface area contributed by atoms with Gasteiger partial charge >= 0.3 is 5.97 Å². The van der Waals surface area contributed by atoms with Crippen molar-refractivity contribution in [2.75, 3.05) is 0 Å². The molecule has 0 fully saturated rings. The van der Waals surface area contributed by atoms with Crippen LogP contribution in [-0.2, 0) is 17.9 Å². The number of rotatable bonds is 7. The molecule has 0 radical (unpaired) electrons. The normalized spacial score (nSPS) is 11.1. The first-order valence-electron chi connectivity index (χ1n) is 9.44. The SMILES string of the molecule is Cc1cc(C(=O)NCc2cn(CC(=O)O)nn2)c(C)n1-c1cccc(C(C)C)c1. The number of carboxylic acid groups (broad SMARTS) is 1. The van der Waals surface area contributed by atoms with Gasteiger partial charge in [-0.2, -0.15) is 0 Å². The van der Waals surface area contributed by atoms with Gasteiger partial charge in [0.1, 0.15) is 12.2 Å². The second kappa shape index (κ2) is 8.30. The molecule has 0 aliphatic rings. The van der Waals surface area contributed by atoms with Crippen LogP contribution in [0.2, 0.25) is 0 Å². The van der Waals surface area contributed by atoms with E-state index in [1.165, 1.54) is 16.4 Å². The second-order valence-electron chi connectivity index (χ2n) is 7.35. The number of benzene rings is 1. The van der Waals surface area contributed by atoms with Gasteiger partial charge in [0, 0.05) is 17.1 Å². The Hall–Kier alpha value is -3.42. The number of nitrogens with zero attached hydrogens (tertiary/aromatic N) is 4. The summed E-state index contributed by atoms with van der Waals surface area (Å²) >= 11 is 0. The van der Waals surface area contributed by atoms with Crippen LogP contribution in [0, 0.1) is 13.8 Å². The molecule has 2 N–H and O–H groups in total. The number of hydrogen-bond acceptors (Lipinski definition) is 4. The second-order valence-corrected chi connectivity index (χ2v) is 7.35. The molecule has 152 valence electrons. The number of carbonyl (C=O) groups is 2. The molecule has 3 aromatic rings. The third kappa shape index (κ3) is 4.53.